The van der Waals surface area contributed by atoms with Crippen molar-refractivity contribution in [2.75, 3.05) is 18.5 Å². The SMILES string of the molecule is CCCCCCCCN(C)c1ccc(C#N)c([N+](=O)[O-])c1. The maximum Gasteiger partial charge on any atom is 0.289 e. The molecule has 0 atom stereocenters. The van der Waals surface area contributed by atoms with Gasteiger partial charge in [0.2, 0.25) is 0 Å². The van der Waals surface area contributed by atoms with Crippen LogP contribution in [0.5, 0.6) is 0 Å². The van der Waals surface area contributed by atoms with E-state index in [2.05, 4.69) is 6.92 Å². The molecule has 0 bridgehead atoms. The molecule has 0 unspecified atom stereocenters. The van der Waals surface area contributed by atoms with Gasteiger partial charge in [-0.3, -0.25) is 10.1 Å². The van der Waals surface area contributed by atoms with Crippen molar-refractivity contribution in [2.24, 2.45) is 0 Å². The summed E-state index contributed by atoms with van der Waals surface area (Å²) < 4.78 is 0. The van der Waals surface area contributed by atoms with Crippen LogP contribution in [0.4, 0.5) is 11.4 Å². The van der Waals surface area contributed by atoms with E-state index in [1.165, 1.54) is 44.2 Å². The van der Waals surface area contributed by atoms with Crippen LogP contribution in [0.1, 0.15) is 51.0 Å². The van der Waals surface area contributed by atoms with Crippen molar-refractivity contribution in [2.45, 2.75) is 45.4 Å². The molecule has 0 aliphatic heterocycles. The second kappa shape index (κ2) is 8.96. The lowest BCUT2D eigenvalue weighted by molar-refractivity contribution is -0.385. The molecule has 0 heterocycles. The molecular formula is C16H23N3O2. The largest absolute Gasteiger partial charge is 0.374 e. The Balaban J connectivity index is 2.55. The summed E-state index contributed by atoms with van der Waals surface area (Å²) in [6.45, 7) is 3.07. The molecule has 1 aromatic carbocycles. The Hall–Kier alpha value is -2.09. The van der Waals surface area contributed by atoms with Gasteiger partial charge in [-0.05, 0) is 18.6 Å². The van der Waals surface area contributed by atoms with E-state index in [1.807, 2.05) is 18.0 Å². The molecule has 0 saturated heterocycles. The highest BCUT2D eigenvalue weighted by atomic mass is 16.6. The molecule has 0 spiro atoms. The van der Waals surface area contributed by atoms with Crippen LogP contribution in [-0.2, 0) is 0 Å². The van der Waals surface area contributed by atoms with Crippen LogP contribution in [0, 0.1) is 21.4 Å². The third-order valence-electron chi connectivity index (χ3n) is 3.59. The molecule has 0 aliphatic carbocycles. The van der Waals surface area contributed by atoms with Gasteiger partial charge in [0, 0.05) is 25.3 Å². The highest BCUT2D eigenvalue weighted by Crippen LogP contribution is 2.24. The predicted octanol–water partition coefficient (Wildman–Crippen LogP) is 4.26. The van der Waals surface area contributed by atoms with E-state index >= 15 is 0 Å². The normalized spacial score (nSPS) is 10.1. The number of nitro benzene ring substituents is 1. The van der Waals surface area contributed by atoms with Crippen LogP contribution in [0.3, 0.4) is 0 Å². The minimum atomic E-state index is -0.499. The monoisotopic (exact) mass is 289 g/mol. The van der Waals surface area contributed by atoms with Crippen molar-refractivity contribution in [1.29, 1.82) is 5.26 Å². The lowest BCUT2D eigenvalue weighted by Crippen LogP contribution is -2.18. The van der Waals surface area contributed by atoms with Gasteiger partial charge in [-0.1, -0.05) is 39.0 Å². The van der Waals surface area contributed by atoms with Gasteiger partial charge in [0.15, 0.2) is 0 Å². The molecule has 21 heavy (non-hydrogen) atoms. The van der Waals surface area contributed by atoms with Crippen molar-refractivity contribution >= 4 is 11.4 Å². The fourth-order valence-corrected chi connectivity index (χ4v) is 2.26. The standard InChI is InChI=1S/C16H23N3O2/c1-3-4-5-6-7-8-11-18(2)15-10-9-14(13-17)16(12-15)19(20)21/h9-10,12H,3-8,11H2,1-2H3. The van der Waals surface area contributed by atoms with Gasteiger partial charge in [-0.25, -0.2) is 0 Å². The first-order valence-electron chi connectivity index (χ1n) is 7.49. The smallest absolute Gasteiger partial charge is 0.289 e. The molecular weight excluding hydrogens is 266 g/mol. The summed E-state index contributed by atoms with van der Waals surface area (Å²) in [4.78, 5) is 12.5. The molecule has 1 aromatic rings. The summed E-state index contributed by atoms with van der Waals surface area (Å²) in [6.07, 6.45) is 7.32. The zero-order chi connectivity index (χ0) is 15.7. The first-order chi connectivity index (χ1) is 10.1. The minimum absolute atomic E-state index is 0.108. The van der Waals surface area contributed by atoms with E-state index in [0.29, 0.717) is 0 Å². The summed E-state index contributed by atoms with van der Waals surface area (Å²) in [5, 5.41) is 19.8. The van der Waals surface area contributed by atoms with Crippen molar-refractivity contribution in [3.8, 4) is 6.07 Å². The third kappa shape index (κ3) is 5.42. The van der Waals surface area contributed by atoms with Gasteiger partial charge in [0.25, 0.3) is 5.69 Å². The Morgan fingerprint density at radius 1 is 1.24 bits per heavy atom. The second-order valence-electron chi connectivity index (χ2n) is 5.26. The van der Waals surface area contributed by atoms with E-state index in [1.54, 1.807) is 6.07 Å². The van der Waals surface area contributed by atoms with Gasteiger partial charge in [-0.2, -0.15) is 5.26 Å². The number of unbranched alkanes of at least 4 members (excludes halogenated alkanes) is 5. The van der Waals surface area contributed by atoms with E-state index in [0.717, 1.165) is 18.7 Å². The number of nitrogens with zero attached hydrogens (tertiary/aromatic N) is 3. The van der Waals surface area contributed by atoms with E-state index < -0.39 is 4.92 Å². The zero-order valence-corrected chi connectivity index (χ0v) is 12.8. The number of rotatable bonds is 9. The van der Waals surface area contributed by atoms with E-state index in [9.17, 15) is 10.1 Å². The Morgan fingerprint density at radius 3 is 2.52 bits per heavy atom. The summed E-state index contributed by atoms with van der Waals surface area (Å²) in [7, 11) is 1.93. The Labute approximate surface area is 126 Å². The average Bonchev–Trinajstić information content (AvgIpc) is 2.49. The molecule has 114 valence electrons. The van der Waals surface area contributed by atoms with Gasteiger partial charge in [0.05, 0.1) is 4.92 Å². The van der Waals surface area contributed by atoms with Crippen molar-refractivity contribution < 1.29 is 4.92 Å². The van der Waals surface area contributed by atoms with Crippen LogP contribution < -0.4 is 4.90 Å². The first kappa shape index (κ1) is 17.0. The maximum absolute atomic E-state index is 11.0. The summed E-state index contributed by atoms with van der Waals surface area (Å²) >= 11 is 0. The Kier molecular flexibility index (Phi) is 7.24. The number of hydrogen-bond acceptors (Lipinski definition) is 4. The lowest BCUT2D eigenvalue weighted by atomic mass is 10.1. The second-order valence-corrected chi connectivity index (χ2v) is 5.26. The maximum atomic E-state index is 11.0. The van der Waals surface area contributed by atoms with Crippen LogP contribution in [-0.4, -0.2) is 18.5 Å². The lowest BCUT2D eigenvalue weighted by Gasteiger charge is -2.19. The number of anilines is 1. The van der Waals surface area contributed by atoms with Gasteiger partial charge >= 0.3 is 0 Å². The molecule has 0 radical (unpaired) electrons. The summed E-state index contributed by atoms with van der Waals surface area (Å²) in [5.74, 6) is 0. The quantitative estimate of drug-likeness (QED) is 0.387. The number of benzene rings is 1. The number of hydrogen-bond donors (Lipinski definition) is 0. The van der Waals surface area contributed by atoms with E-state index in [-0.39, 0.29) is 11.3 Å². The van der Waals surface area contributed by atoms with Crippen molar-refractivity contribution in [3.05, 3.63) is 33.9 Å². The molecule has 0 aliphatic rings. The fraction of sp³-hybridized carbons (Fsp3) is 0.562. The van der Waals surface area contributed by atoms with Gasteiger partial charge in [-0.15, -0.1) is 0 Å². The molecule has 1 rings (SSSR count). The molecule has 0 amide bonds. The number of nitriles is 1. The van der Waals surface area contributed by atoms with Crippen LogP contribution in [0.15, 0.2) is 18.2 Å². The topological polar surface area (TPSA) is 70.2 Å². The summed E-state index contributed by atoms with van der Waals surface area (Å²) in [5.41, 5.74) is 0.774. The fourth-order valence-electron chi connectivity index (χ4n) is 2.26. The first-order valence-corrected chi connectivity index (χ1v) is 7.49. The summed E-state index contributed by atoms with van der Waals surface area (Å²) in [6, 6.07) is 6.62. The van der Waals surface area contributed by atoms with Crippen molar-refractivity contribution in [1.82, 2.24) is 0 Å². The Bertz CT molecular complexity index is 509. The van der Waals surface area contributed by atoms with Crippen LogP contribution in [0.25, 0.3) is 0 Å². The molecule has 0 N–H and O–H groups in total. The van der Waals surface area contributed by atoms with Gasteiger partial charge in [0.1, 0.15) is 11.6 Å². The molecule has 0 aromatic heterocycles. The van der Waals surface area contributed by atoms with E-state index in [4.69, 9.17) is 5.26 Å². The highest BCUT2D eigenvalue weighted by molar-refractivity contribution is 5.59. The highest BCUT2D eigenvalue weighted by Gasteiger charge is 2.15. The molecule has 5 heteroatoms. The Morgan fingerprint density at radius 2 is 1.90 bits per heavy atom. The third-order valence-corrected chi connectivity index (χ3v) is 3.59. The molecule has 0 saturated carbocycles. The average molecular weight is 289 g/mol. The molecule has 0 fully saturated rings. The van der Waals surface area contributed by atoms with Crippen LogP contribution >= 0.6 is 0 Å². The predicted molar refractivity (Wildman–Crippen MR) is 84.5 cm³/mol. The minimum Gasteiger partial charge on any atom is -0.374 e. The van der Waals surface area contributed by atoms with Crippen molar-refractivity contribution in [3.63, 3.8) is 0 Å². The van der Waals surface area contributed by atoms with Crippen LogP contribution in [0.2, 0.25) is 0 Å². The van der Waals surface area contributed by atoms with Gasteiger partial charge < -0.3 is 4.90 Å². The zero-order valence-electron chi connectivity index (χ0n) is 12.8. The number of nitro groups is 1. The molecule has 5 nitrogen and oxygen atoms in total.